The fraction of sp³-hybridized carbons (Fsp3) is 0.417. The van der Waals surface area contributed by atoms with Crippen LogP contribution in [0.1, 0.15) is 18.4 Å². The lowest BCUT2D eigenvalue weighted by molar-refractivity contribution is -0.118. The molecule has 1 aromatic rings. The Kier molecular flexibility index (Phi) is 5.81. The van der Waals surface area contributed by atoms with Crippen LogP contribution in [-0.4, -0.2) is 19.5 Å². The first-order valence-corrected chi connectivity index (χ1v) is 5.83. The normalized spacial score (nSPS) is 10.4. The number of ketones is 1. The van der Waals surface area contributed by atoms with Crippen molar-refractivity contribution in [3.05, 3.63) is 33.8 Å². The Hall–Kier alpha value is -0.570. The summed E-state index contributed by atoms with van der Waals surface area (Å²) in [6.45, 7) is 0.618. The molecule has 0 aliphatic heterocycles. The van der Waals surface area contributed by atoms with Gasteiger partial charge in [0.25, 0.3) is 0 Å². The molecule has 2 nitrogen and oxygen atoms in total. The predicted molar refractivity (Wildman–Crippen MR) is 66.3 cm³/mol. The van der Waals surface area contributed by atoms with Crippen LogP contribution in [0.25, 0.3) is 0 Å². The number of halogens is 2. The van der Waals surface area contributed by atoms with Crippen molar-refractivity contribution in [2.75, 3.05) is 13.7 Å². The molecule has 0 spiro atoms. The van der Waals surface area contributed by atoms with Crippen LogP contribution in [0.5, 0.6) is 0 Å². The molecule has 0 atom stereocenters. The molecular weight excluding hydrogens is 247 g/mol. The van der Waals surface area contributed by atoms with Crippen molar-refractivity contribution in [2.45, 2.75) is 19.3 Å². The number of methoxy groups -OCH3 is 1. The van der Waals surface area contributed by atoms with Crippen LogP contribution in [0, 0.1) is 0 Å². The number of benzene rings is 1. The molecular formula is C12H14Cl2O2. The summed E-state index contributed by atoms with van der Waals surface area (Å²) in [6, 6.07) is 5.27. The summed E-state index contributed by atoms with van der Waals surface area (Å²) in [6.07, 6.45) is 1.70. The van der Waals surface area contributed by atoms with Crippen molar-refractivity contribution in [3.63, 3.8) is 0 Å². The fourth-order valence-corrected chi connectivity index (χ4v) is 1.70. The van der Waals surface area contributed by atoms with E-state index in [1.54, 1.807) is 19.2 Å². The summed E-state index contributed by atoms with van der Waals surface area (Å²) in [4.78, 5) is 11.6. The molecule has 0 fully saturated rings. The number of carbonyl (C=O) groups is 1. The van der Waals surface area contributed by atoms with E-state index in [1.165, 1.54) is 0 Å². The number of rotatable bonds is 6. The Morgan fingerprint density at radius 2 is 2.06 bits per heavy atom. The molecule has 0 unspecified atom stereocenters. The zero-order valence-corrected chi connectivity index (χ0v) is 10.6. The Bertz CT molecular complexity index is 364. The van der Waals surface area contributed by atoms with E-state index in [2.05, 4.69) is 0 Å². The van der Waals surface area contributed by atoms with E-state index in [-0.39, 0.29) is 5.78 Å². The van der Waals surface area contributed by atoms with Gasteiger partial charge in [-0.1, -0.05) is 29.3 Å². The molecule has 0 saturated heterocycles. The quantitative estimate of drug-likeness (QED) is 0.732. The minimum absolute atomic E-state index is 0.190. The Morgan fingerprint density at radius 3 is 2.69 bits per heavy atom. The van der Waals surface area contributed by atoms with E-state index >= 15 is 0 Å². The fourth-order valence-electron chi connectivity index (χ4n) is 1.38. The molecule has 0 bridgehead atoms. The molecule has 0 radical (unpaired) electrons. The van der Waals surface area contributed by atoms with E-state index in [4.69, 9.17) is 27.9 Å². The van der Waals surface area contributed by atoms with Gasteiger partial charge < -0.3 is 4.74 Å². The van der Waals surface area contributed by atoms with E-state index in [0.717, 1.165) is 12.0 Å². The van der Waals surface area contributed by atoms with Crippen LogP contribution in [0.3, 0.4) is 0 Å². The van der Waals surface area contributed by atoms with Gasteiger partial charge in [0, 0.05) is 26.6 Å². The first kappa shape index (κ1) is 13.5. The van der Waals surface area contributed by atoms with Gasteiger partial charge in [-0.05, 0) is 24.1 Å². The second kappa shape index (κ2) is 6.89. The van der Waals surface area contributed by atoms with Crippen molar-refractivity contribution in [2.24, 2.45) is 0 Å². The van der Waals surface area contributed by atoms with Gasteiger partial charge in [-0.2, -0.15) is 0 Å². The SMILES string of the molecule is COCCCC(=O)Cc1ccc(Cl)c(Cl)c1. The minimum Gasteiger partial charge on any atom is -0.385 e. The van der Waals surface area contributed by atoms with Crippen molar-refractivity contribution in [3.8, 4) is 0 Å². The lowest BCUT2D eigenvalue weighted by atomic mass is 10.1. The molecule has 0 aliphatic carbocycles. The topological polar surface area (TPSA) is 26.3 Å². The maximum atomic E-state index is 11.6. The summed E-state index contributed by atoms with van der Waals surface area (Å²) in [5, 5.41) is 1.00. The molecule has 0 amide bonds. The molecule has 88 valence electrons. The third-order valence-electron chi connectivity index (χ3n) is 2.19. The van der Waals surface area contributed by atoms with Crippen LogP contribution in [0.15, 0.2) is 18.2 Å². The first-order valence-electron chi connectivity index (χ1n) is 5.08. The predicted octanol–water partition coefficient (Wildman–Crippen LogP) is 3.53. The van der Waals surface area contributed by atoms with Crippen LogP contribution in [0.4, 0.5) is 0 Å². The number of hydrogen-bond donors (Lipinski definition) is 0. The molecule has 16 heavy (non-hydrogen) atoms. The molecule has 0 aliphatic rings. The highest BCUT2D eigenvalue weighted by Gasteiger charge is 2.05. The average Bonchev–Trinajstić information content (AvgIpc) is 2.24. The largest absolute Gasteiger partial charge is 0.385 e. The number of carbonyl (C=O) groups excluding carboxylic acids is 1. The van der Waals surface area contributed by atoms with Crippen LogP contribution in [-0.2, 0) is 16.0 Å². The molecule has 1 rings (SSSR count). The monoisotopic (exact) mass is 260 g/mol. The van der Waals surface area contributed by atoms with Crippen LogP contribution >= 0.6 is 23.2 Å². The molecule has 0 N–H and O–H groups in total. The molecule has 0 saturated carbocycles. The summed E-state index contributed by atoms with van der Waals surface area (Å²) in [5.41, 5.74) is 0.900. The zero-order chi connectivity index (χ0) is 12.0. The van der Waals surface area contributed by atoms with Gasteiger partial charge in [0.05, 0.1) is 10.0 Å². The average molecular weight is 261 g/mol. The molecule has 4 heteroatoms. The maximum absolute atomic E-state index is 11.6. The van der Waals surface area contributed by atoms with Gasteiger partial charge in [-0.3, -0.25) is 4.79 Å². The summed E-state index contributed by atoms with van der Waals surface area (Å²) >= 11 is 11.6. The van der Waals surface area contributed by atoms with Crippen molar-refractivity contribution in [1.82, 2.24) is 0 Å². The maximum Gasteiger partial charge on any atom is 0.137 e. The van der Waals surface area contributed by atoms with E-state index < -0.39 is 0 Å². The zero-order valence-electron chi connectivity index (χ0n) is 9.13. The van der Waals surface area contributed by atoms with Gasteiger partial charge in [0.1, 0.15) is 5.78 Å². The second-order valence-electron chi connectivity index (χ2n) is 3.56. The molecule has 0 aromatic heterocycles. The Labute approximate surface area is 106 Å². The van der Waals surface area contributed by atoms with Crippen LogP contribution in [0.2, 0.25) is 10.0 Å². The number of hydrogen-bond acceptors (Lipinski definition) is 2. The van der Waals surface area contributed by atoms with Crippen molar-refractivity contribution >= 4 is 29.0 Å². The van der Waals surface area contributed by atoms with Gasteiger partial charge in [0.15, 0.2) is 0 Å². The third kappa shape index (κ3) is 4.52. The molecule has 0 heterocycles. The smallest absolute Gasteiger partial charge is 0.137 e. The first-order chi connectivity index (χ1) is 7.63. The Balaban J connectivity index is 2.46. The van der Waals surface area contributed by atoms with Gasteiger partial charge in [-0.15, -0.1) is 0 Å². The highest BCUT2D eigenvalue weighted by Crippen LogP contribution is 2.23. The summed E-state index contributed by atoms with van der Waals surface area (Å²) in [7, 11) is 1.63. The van der Waals surface area contributed by atoms with E-state index in [9.17, 15) is 4.79 Å². The van der Waals surface area contributed by atoms with Crippen molar-refractivity contribution < 1.29 is 9.53 Å². The summed E-state index contributed by atoms with van der Waals surface area (Å²) < 4.78 is 4.89. The number of ether oxygens (including phenoxy) is 1. The summed E-state index contributed by atoms with van der Waals surface area (Å²) in [5.74, 6) is 0.190. The number of Topliss-reactive ketones (excluding diaryl/α,β-unsaturated/α-hetero) is 1. The van der Waals surface area contributed by atoms with Gasteiger partial charge in [0.2, 0.25) is 0 Å². The third-order valence-corrected chi connectivity index (χ3v) is 2.93. The highest BCUT2D eigenvalue weighted by atomic mass is 35.5. The van der Waals surface area contributed by atoms with E-state index in [1.807, 2.05) is 6.07 Å². The van der Waals surface area contributed by atoms with E-state index in [0.29, 0.717) is 29.5 Å². The van der Waals surface area contributed by atoms with Crippen molar-refractivity contribution in [1.29, 1.82) is 0 Å². The lowest BCUT2D eigenvalue weighted by Gasteiger charge is -2.03. The lowest BCUT2D eigenvalue weighted by Crippen LogP contribution is -2.04. The van der Waals surface area contributed by atoms with Gasteiger partial charge >= 0.3 is 0 Å². The molecule has 1 aromatic carbocycles. The van der Waals surface area contributed by atoms with Gasteiger partial charge in [-0.25, -0.2) is 0 Å². The standard InChI is InChI=1S/C12H14Cl2O2/c1-16-6-2-3-10(15)7-9-4-5-11(13)12(14)8-9/h4-5,8H,2-3,6-7H2,1H3. The second-order valence-corrected chi connectivity index (χ2v) is 4.37. The minimum atomic E-state index is 0.190. The Morgan fingerprint density at radius 1 is 1.31 bits per heavy atom. The highest BCUT2D eigenvalue weighted by molar-refractivity contribution is 6.42. The van der Waals surface area contributed by atoms with Crippen LogP contribution < -0.4 is 0 Å².